The van der Waals surface area contributed by atoms with Crippen LogP contribution in [0.15, 0.2) is 0 Å². The van der Waals surface area contributed by atoms with Gasteiger partial charge in [-0.3, -0.25) is 14.4 Å². The van der Waals surface area contributed by atoms with E-state index in [-0.39, 0.29) is 17.9 Å². The number of esters is 1. The number of rotatable bonds is 10. The molecule has 0 aliphatic carbocycles. The molecule has 128 valence electrons. The minimum atomic E-state index is -0.543. The molecule has 0 aliphatic heterocycles. The zero-order chi connectivity index (χ0) is 17.2. The normalized spacial score (nSPS) is 11.4. The van der Waals surface area contributed by atoms with E-state index in [4.69, 9.17) is 4.74 Å². The SMILES string of the molecule is CCOC(=O)CCCCNC(=O)C(=O)CCN(C)C(C)(C)C. The first-order chi connectivity index (χ1) is 10.2. The number of hydrogen-bond acceptors (Lipinski definition) is 5. The highest BCUT2D eigenvalue weighted by Gasteiger charge is 2.19. The molecular formula is C16H30N2O4. The Labute approximate surface area is 133 Å². The van der Waals surface area contributed by atoms with Crippen LogP contribution in [-0.4, -0.2) is 54.8 Å². The van der Waals surface area contributed by atoms with Gasteiger partial charge in [0.25, 0.3) is 5.91 Å². The van der Waals surface area contributed by atoms with Crippen LogP contribution in [-0.2, 0) is 19.1 Å². The highest BCUT2D eigenvalue weighted by molar-refractivity contribution is 6.36. The minimum Gasteiger partial charge on any atom is -0.466 e. The standard InChI is InChI=1S/C16H30N2O4/c1-6-22-14(20)9-7-8-11-17-15(21)13(19)10-12-18(5)16(2,3)4/h6-12H2,1-5H3,(H,17,21). The van der Waals surface area contributed by atoms with Crippen molar-refractivity contribution in [1.82, 2.24) is 10.2 Å². The number of hydrogen-bond donors (Lipinski definition) is 1. The fraction of sp³-hybridized carbons (Fsp3) is 0.812. The lowest BCUT2D eigenvalue weighted by Gasteiger charge is -2.31. The van der Waals surface area contributed by atoms with Gasteiger partial charge in [-0.1, -0.05) is 0 Å². The van der Waals surface area contributed by atoms with Gasteiger partial charge >= 0.3 is 5.97 Å². The minimum absolute atomic E-state index is 0.0240. The summed E-state index contributed by atoms with van der Waals surface area (Å²) in [5.41, 5.74) is -0.0240. The number of ether oxygens (including phenoxy) is 1. The molecule has 0 rings (SSSR count). The van der Waals surface area contributed by atoms with Crippen LogP contribution in [0.5, 0.6) is 0 Å². The molecule has 0 unspecified atom stereocenters. The molecule has 0 aromatic heterocycles. The summed E-state index contributed by atoms with van der Waals surface area (Å²) in [6.45, 7) is 9.27. The quantitative estimate of drug-likeness (QED) is 0.376. The van der Waals surface area contributed by atoms with Crippen molar-refractivity contribution in [3.8, 4) is 0 Å². The van der Waals surface area contributed by atoms with Crippen LogP contribution < -0.4 is 5.32 Å². The van der Waals surface area contributed by atoms with Crippen LogP contribution in [0.25, 0.3) is 0 Å². The van der Waals surface area contributed by atoms with Crippen molar-refractivity contribution in [2.45, 2.75) is 58.9 Å². The van der Waals surface area contributed by atoms with Crippen molar-refractivity contribution < 1.29 is 19.1 Å². The molecule has 0 aromatic rings. The van der Waals surface area contributed by atoms with Gasteiger partial charge in [0.15, 0.2) is 0 Å². The van der Waals surface area contributed by atoms with Crippen molar-refractivity contribution in [2.75, 3.05) is 26.7 Å². The van der Waals surface area contributed by atoms with Crippen LogP contribution in [0.2, 0.25) is 0 Å². The van der Waals surface area contributed by atoms with Crippen LogP contribution >= 0.6 is 0 Å². The van der Waals surface area contributed by atoms with E-state index in [1.54, 1.807) is 6.92 Å². The maximum absolute atomic E-state index is 11.7. The van der Waals surface area contributed by atoms with Crippen molar-refractivity contribution in [2.24, 2.45) is 0 Å². The van der Waals surface area contributed by atoms with Crippen molar-refractivity contribution in [1.29, 1.82) is 0 Å². The van der Waals surface area contributed by atoms with E-state index >= 15 is 0 Å². The molecule has 0 heterocycles. The molecule has 6 nitrogen and oxygen atoms in total. The molecule has 0 radical (unpaired) electrons. The third kappa shape index (κ3) is 9.50. The maximum Gasteiger partial charge on any atom is 0.305 e. The first-order valence-electron chi connectivity index (χ1n) is 7.86. The van der Waals surface area contributed by atoms with Crippen molar-refractivity contribution >= 4 is 17.7 Å². The third-order valence-corrected chi connectivity index (χ3v) is 3.47. The van der Waals surface area contributed by atoms with E-state index in [0.29, 0.717) is 39.0 Å². The van der Waals surface area contributed by atoms with Crippen LogP contribution in [0, 0.1) is 0 Å². The van der Waals surface area contributed by atoms with E-state index in [1.807, 2.05) is 11.9 Å². The number of unbranched alkanes of at least 4 members (excludes halogenated alkanes) is 1. The number of nitrogens with one attached hydrogen (secondary N) is 1. The average Bonchev–Trinajstić information content (AvgIpc) is 2.42. The second kappa shape index (κ2) is 10.3. The molecular weight excluding hydrogens is 284 g/mol. The number of carbonyl (C=O) groups is 3. The molecule has 0 fully saturated rings. The number of amides is 1. The molecule has 22 heavy (non-hydrogen) atoms. The highest BCUT2D eigenvalue weighted by Crippen LogP contribution is 2.10. The van der Waals surface area contributed by atoms with Gasteiger partial charge in [-0.2, -0.15) is 0 Å². The van der Waals surface area contributed by atoms with E-state index in [2.05, 4.69) is 26.1 Å². The molecule has 6 heteroatoms. The summed E-state index contributed by atoms with van der Waals surface area (Å²) in [6, 6.07) is 0. The maximum atomic E-state index is 11.7. The molecule has 0 bridgehead atoms. The van der Waals surface area contributed by atoms with Gasteiger partial charge in [0.05, 0.1) is 6.61 Å². The monoisotopic (exact) mass is 314 g/mol. The predicted octanol–water partition coefficient (Wildman–Crippen LogP) is 1.53. The summed E-state index contributed by atoms with van der Waals surface area (Å²) in [5.74, 6) is -1.17. The van der Waals surface area contributed by atoms with E-state index in [9.17, 15) is 14.4 Å². The molecule has 0 aliphatic rings. The Kier molecular flexibility index (Phi) is 9.65. The number of nitrogens with zero attached hydrogens (tertiary/aromatic N) is 1. The van der Waals surface area contributed by atoms with Crippen molar-refractivity contribution in [3.05, 3.63) is 0 Å². The molecule has 1 N–H and O–H groups in total. The molecule has 0 saturated carbocycles. The summed E-state index contributed by atoms with van der Waals surface area (Å²) >= 11 is 0. The summed E-state index contributed by atoms with van der Waals surface area (Å²) in [7, 11) is 1.93. The smallest absolute Gasteiger partial charge is 0.305 e. The van der Waals surface area contributed by atoms with Gasteiger partial charge in [0.2, 0.25) is 5.78 Å². The molecule has 0 saturated heterocycles. The fourth-order valence-electron chi connectivity index (χ4n) is 1.65. The zero-order valence-electron chi connectivity index (χ0n) is 14.5. The zero-order valence-corrected chi connectivity index (χ0v) is 14.5. The van der Waals surface area contributed by atoms with Gasteiger partial charge in [-0.25, -0.2) is 0 Å². The number of carbonyl (C=O) groups excluding carboxylic acids is 3. The molecule has 0 spiro atoms. The number of ketones is 1. The van der Waals surface area contributed by atoms with Crippen LogP contribution in [0.1, 0.15) is 53.4 Å². The summed E-state index contributed by atoms with van der Waals surface area (Å²) in [4.78, 5) is 36.5. The first-order valence-corrected chi connectivity index (χ1v) is 7.86. The average molecular weight is 314 g/mol. The lowest BCUT2D eigenvalue weighted by molar-refractivity contribution is -0.143. The van der Waals surface area contributed by atoms with Gasteiger partial charge in [-0.15, -0.1) is 0 Å². The van der Waals surface area contributed by atoms with Gasteiger partial charge in [0, 0.05) is 31.5 Å². The second-order valence-corrected chi connectivity index (χ2v) is 6.28. The topological polar surface area (TPSA) is 75.7 Å². The first kappa shape index (κ1) is 20.6. The van der Waals surface area contributed by atoms with Gasteiger partial charge in [0.1, 0.15) is 0 Å². The lowest BCUT2D eigenvalue weighted by Crippen LogP contribution is -2.41. The molecule has 0 atom stereocenters. The van der Waals surface area contributed by atoms with E-state index < -0.39 is 11.7 Å². The fourth-order valence-corrected chi connectivity index (χ4v) is 1.65. The predicted molar refractivity (Wildman–Crippen MR) is 85.5 cm³/mol. The summed E-state index contributed by atoms with van der Waals surface area (Å²) < 4.78 is 4.80. The summed E-state index contributed by atoms with van der Waals surface area (Å²) in [6.07, 6.45) is 1.84. The number of Topliss-reactive ketones (excluding diaryl/α,β-unsaturated/α-hetero) is 1. The Morgan fingerprint density at radius 2 is 1.73 bits per heavy atom. The third-order valence-electron chi connectivity index (χ3n) is 3.47. The van der Waals surface area contributed by atoms with Crippen LogP contribution in [0.4, 0.5) is 0 Å². The Hall–Kier alpha value is -1.43. The Morgan fingerprint density at radius 1 is 1.09 bits per heavy atom. The summed E-state index contributed by atoms with van der Waals surface area (Å²) in [5, 5.41) is 2.59. The molecule has 1 amide bonds. The van der Waals surface area contributed by atoms with Crippen molar-refractivity contribution in [3.63, 3.8) is 0 Å². The second-order valence-electron chi connectivity index (χ2n) is 6.28. The molecule has 0 aromatic carbocycles. The van der Waals surface area contributed by atoms with E-state index in [1.165, 1.54) is 0 Å². The van der Waals surface area contributed by atoms with Gasteiger partial charge in [-0.05, 0) is 47.6 Å². The Bertz CT molecular complexity index is 375. The largest absolute Gasteiger partial charge is 0.466 e. The lowest BCUT2D eigenvalue weighted by atomic mass is 10.1. The Balaban J connectivity index is 3.79. The van der Waals surface area contributed by atoms with Crippen LogP contribution in [0.3, 0.4) is 0 Å². The highest BCUT2D eigenvalue weighted by atomic mass is 16.5. The van der Waals surface area contributed by atoms with Gasteiger partial charge < -0.3 is 15.0 Å². The van der Waals surface area contributed by atoms with E-state index in [0.717, 1.165) is 0 Å². The Morgan fingerprint density at radius 3 is 2.27 bits per heavy atom.